The van der Waals surface area contributed by atoms with Crippen LogP contribution in [0.5, 0.6) is 11.5 Å². The molecule has 0 bridgehead atoms. The van der Waals surface area contributed by atoms with E-state index >= 15 is 0 Å². The van der Waals surface area contributed by atoms with E-state index in [-0.39, 0.29) is 5.91 Å². The van der Waals surface area contributed by atoms with Crippen LogP contribution in [0.15, 0.2) is 53.9 Å². The summed E-state index contributed by atoms with van der Waals surface area (Å²) in [7, 11) is 1.81. The number of hydrogen-bond donors (Lipinski definition) is 0. The lowest BCUT2D eigenvalue weighted by Gasteiger charge is -2.18. The Morgan fingerprint density at radius 3 is 2.52 bits per heavy atom. The van der Waals surface area contributed by atoms with Gasteiger partial charge in [0.2, 0.25) is 0 Å². The van der Waals surface area contributed by atoms with Crippen LogP contribution in [0.4, 0.5) is 0 Å². The summed E-state index contributed by atoms with van der Waals surface area (Å²) >= 11 is 1.61. The van der Waals surface area contributed by atoms with Crippen molar-refractivity contribution in [2.45, 2.75) is 26.9 Å². The summed E-state index contributed by atoms with van der Waals surface area (Å²) in [5.74, 6) is 1.61. The molecule has 3 rings (SSSR count). The van der Waals surface area contributed by atoms with Gasteiger partial charge in [-0.05, 0) is 56.2 Å². The van der Waals surface area contributed by atoms with Gasteiger partial charge in [-0.2, -0.15) is 0 Å². The molecule has 0 spiro atoms. The Kier molecular flexibility index (Phi) is 7.25. The minimum atomic E-state index is -0.0115. The Hall–Kier alpha value is -2.86. The van der Waals surface area contributed by atoms with Gasteiger partial charge in [-0.25, -0.2) is 4.98 Å². The van der Waals surface area contributed by atoms with Crippen LogP contribution in [0, 0.1) is 13.8 Å². The second kappa shape index (κ2) is 10.1. The number of hydrogen-bond acceptors (Lipinski definition) is 5. The molecule has 1 aromatic heterocycles. The first-order valence-electron chi connectivity index (χ1n) is 9.60. The number of thiazole rings is 1. The van der Waals surface area contributed by atoms with E-state index in [0.29, 0.717) is 25.3 Å². The van der Waals surface area contributed by atoms with E-state index in [1.165, 1.54) is 0 Å². The van der Waals surface area contributed by atoms with E-state index in [2.05, 4.69) is 4.98 Å². The molecule has 5 nitrogen and oxygen atoms in total. The van der Waals surface area contributed by atoms with Crippen molar-refractivity contribution in [3.05, 3.63) is 75.7 Å². The van der Waals surface area contributed by atoms with Crippen LogP contribution in [-0.2, 0) is 6.61 Å². The molecule has 0 N–H and O–H groups in total. The molecule has 0 atom stereocenters. The Labute approximate surface area is 175 Å². The molecule has 0 aliphatic heterocycles. The van der Waals surface area contributed by atoms with Gasteiger partial charge >= 0.3 is 0 Å². The molecule has 29 heavy (non-hydrogen) atoms. The lowest BCUT2D eigenvalue weighted by Crippen LogP contribution is -2.28. The number of benzene rings is 2. The number of aromatic nitrogens is 1. The molecule has 0 fully saturated rings. The molecule has 1 amide bonds. The van der Waals surface area contributed by atoms with Crippen molar-refractivity contribution in [1.29, 1.82) is 0 Å². The largest absolute Gasteiger partial charge is 0.493 e. The first-order chi connectivity index (χ1) is 14.0. The molecule has 0 aliphatic carbocycles. The molecule has 6 heteroatoms. The second-order valence-electron chi connectivity index (χ2n) is 6.87. The normalized spacial score (nSPS) is 10.6. The molecule has 0 radical (unpaired) electrons. The summed E-state index contributed by atoms with van der Waals surface area (Å²) in [6.07, 6.45) is 0.769. The smallest absolute Gasteiger partial charge is 0.253 e. The Balaban J connectivity index is 1.43. The van der Waals surface area contributed by atoms with Crippen LogP contribution < -0.4 is 9.47 Å². The number of nitrogens with zero attached hydrogens (tertiary/aromatic N) is 2. The Morgan fingerprint density at radius 1 is 1.07 bits per heavy atom. The molecule has 3 aromatic rings. The SMILES string of the molecule is Cc1nc(COc2ccc(C(=O)N(C)CCCOc3ccccc3C)cc2)cs1. The van der Waals surface area contributed by atoms with Gasteiger partial charge < -0.3 is 14.4 Å². The van der Waals surface area contributed by atoms with E-state index in [0.717, 1.165) is 34.2 Å². The highest BCUT2D eigenvalue weighted by Gasteiger charge is 2.12. The van der Waals surface area contributed by atoms with Gasteiger partial charge in [0, 0.05) is 24.5 Å². The first-order valence-corrected chi connectivity index (χ1v) is 10.5. The number of carbonyl (C=O) groups excluding carboxylic acids is 1. The third-order valence-corrected chi connectivity index (χ3v) is 5.31. The number of carbonyl (C=O) groups is 1. The molecule has 0 unspecified atom stereocenters. The third kappa shape index (κ3) is 6.06. The summed E-state index contributed by atoms with van der Waals surface area (Å²) in [6, 6.07) is 15.2. The quantitative estimate of drug-likeness (QED) is 0.472. The monoisotopic (exact) mass is 410 g/mol. The van der Waals surface area contributed by atoms with Gasteiger partial charge in [0.25, 0.3) is 5.91 Å². The zero-order valence-electron chi connectivity index (χ0n) is 17.1. The molecular formula is C23H26N2O3S. The molecule has 2 aromatic carbocycles. The van der Waals surface area contributed by atoms with Crippen molar-refractivity contribution in [2.24, 2.45) is 0 Å². The number of rotatable bonds is 9. The minimum absolute atomic E-state index is 0.0115. The minimum Gasteiger partial charge on any atom is -0.493 e. The van der Waals surface area contributed by atoms with Crippen molar-refractivity contribution in [1.82, 2.24) is 9.88 Å². The van der Waals surface area contributed by atoms with E-state index in [1.54, 1.807) is 28.4 Å². The van der Waals surface area contributed by atoms with Crippen molar-refractivity contribution >= 4 is 17.2 Å². The average molecular weight is 411 g/mol. The lowest BCUT2D eigenvalue weighted by atomic mass is 10.2. The molecular weight excluding hydrogens is 384 g/mol. The van der Waals surface area contributed by atoms with E-state index < -0.39 is 0 Å². The van der Waals surface area contributed by atoms with Crippen LogP contribution in [0.3, 0.4) is 0 Å². The lowest BCUT2D eigenvalue weighted by molar-refractivity contribution is 0.0787. The third-order valence-electron chi connectivity index (χ3n) is 4.49. The first kappa shape index (κ1) is 20.9. The van der Waals surface area contributed by atoms with Gasteiger partial charge in [-0.3, -0.25) is 4.79 Å². The van der Waals surface area contributed by atoms with Gasteiger partial charge in [0.1, 0.15) is 18.1 Å². The molecule has 1 heterocycles. The highest BCUT2D eigenvalue weighted by Crippen LogP contribution is 2.18. The number of ether oxygens (including phenoxy) is 2. The number of aryl methyl sites for hydroxylation is 2. The molecule has 0 aliphatic rings. The number of para-hydroxylation sites is 1. The fourth-order valence-electron chi connectivity index (χ4n) is 2.85. The van der Waals surface area contributed by atoms with Gasteiger partial charge in [-0.15, -0.1) is 11.3 Å². The summed E-state index contributed by atoms with van der Waals surface area (Å²) in [6.45, 7) is 5.63. The Bertz CT molecular complexity index is 937. The highest BCUT2D eigenvalue weighted by molar-refractivity contribution is 7.09. The second-order valence-corrected chi connectivity index (χ2v) is 7.93. The maximum Gasteiger partial charge on any atom is 0.253 e. The van der Waals surface area contributed by atoms with Crippen LogP contribution in [-0.4, -0.2) is 36.0 Å². The predicted molar refractivity (Wildman–Crippen MR) is 116 cm³/mol. The van der Waals surface area contributed by atoms with Gasteiger partial charge in [-0.1, -0.05) is 18.2 Å². The van der Waals surface area contributed by atoms with Crippen LogP contribution in [0.1, 0.15) is 33.0 Å². The predicted octanol–water partition coefficient (Wildman–Crippen LogP) is 4.88. The van der Waals surface area contributed by atoms with Gasteiger partial charge in [0.05, 0.1) is 17.3 Å². The summed E-state index contributed by atoms with van der Waals surface area (Å²) in [5, 5.41) is 3.02. The van der Waals surface area contributed by atoms with Crippen molar-refractivity contribution in [2.75, 3.05) is 20.2 Å². The maximum absolute atomic E-state index is 12.6. The standard InChI is InChI=1S/C23H26N2O3S/c1-17-7-4-5-8-22(17)27-14-6-13-25(3)23(26)19-9-11-21(12-10-19)28-15-20-16-29-18(2)24-20/h4-5,7-12,16H,6,13-15H2,1-3H3. The van der Waals surface area contributed by atoms with Crippen LogP contribution in [0.2, 0.25) is 0 Å². The topological polar surface area (TPSA) is 51.7 Å². The fourth-order valence-corrected chi connectivity index (χ4v) is 3.45. The summed E-state index contributed by atoms with van der Waals surface area (Å²) in [4.78, 5) is 18.7. The molecule has 0 saturated heterocycles. The number of amides is 1. The molecule has 152 valence electrons. The fraction of sp³-hybridized carbons (Fsp3) is 0.304. The van der Waals surface area contributed by atoms with Crippen LogP contribution >= 0.6 is 11.3 Å². The van der Waals surface area contributed by atoms with E-state index in [4.69, 9.17) is 9.47 Å². The van der Waals surface area contributed by atoms with Crippen molar-refractivity contribution in [3.63, 3.8) is 0 Å². The van der Waals surface area contributed by atoms with E-state index in [9.17, 15) is 4.79 Å². The zero-order valence-corrected chi connectivity index (χ0v) is 17.9. The summed E-state index contributed by atoms with van der Waals surface area (Å²) < 4.78 is 11.5. The zero-order chi connectivity index (χ0) is 20.6. The van der Waals surface area contributed by atoms with Crippen molar-refractivity contribution < 1.29 is 14.3 Å². The highest BCUT2D eigenvalue weighted by atomic mass is 32.1. The van der Waals surface area contributed by atoms with Gasteiger partial charge in [0.15, 0.2) is 0 Å². The maximum atomic E-state index is 12.6. The van der Waals surface area contributed by atoms with Crippen molar-refractivity contribution in [3.8, 4) is 11.5 Å². The Morgan fingerprint density at radius 2 is 1.83 bits per heavy atom. The molecule has 0 saturated carbocycles. The average Bonchev–Trinajstić information content (AvgIpc) is 3.15. The van der Waals surface area contributed by atoms with Crippen LogP contribution in [0.25, 0.3) is 0 Å². The summed E-state index contributed by atoms with van der Waals surface area (Å²) in [5.41, 5.74) is 2.67. The van der Waals surface area contributed by atoms with E-state index in [1.807, 2.05) is 62.7 Å².